The minimum atomic E-state index is -0.496. The van der Waals surface area contributed by atoms with Crippen LogP contribution >= 0.6 is 0 Å². The van der Waals surface area contributed by atoms with Gasteiger partial charge < -0.3 is 10.2 Å². The van der Waals surface area contributed by atoms with Crippen LogP contribution < -0.4 is 10.9 Å². The second-order valence-corrected chi connectivity index (χ2v) is 6.92. The molecule has 1 aromatic heterocycles. The number of nitrogens with one attached hydrogen (secondary N) is 2. The summed E-state index contributed by atoms with van der Waals surface area (Å²) in [6.07, 6.45) is 1.84. The SMILES string of the molecule is Cc1n[nH]c(=O)c(C(=O)NC2CCN(C(=O)CCc3ccccc3)C2)c1C. The molecule has 1 unspecified atom stereocenters. The lowest BCUT2D eigenvalue weighted by Crippen LogP contribution is -2.41. The molecular weight excluding hydrogens is 344 g/mol. The van der Waals surface area contributed by atoms with Crippen LogP contribution in [0.2, 0.25) is 0 Å². The molecule has 0 spiro atoms. The molecule has 0 aliphatic carbocycles. The number of aryl methyl sites for hydroxylation is 2. The summed E-state index contributed by atoms with van der Waals surface area (Å²) in [5.74, 6) is -0.327. The maximum Gasteiger partial charge on any atom is 0.277 e. The number of likely N-dealkylation sites (tertiary alicyclic amines) is 1. The Morgan fingerprint density at radius 2 is 2.00 bits per heavy atom. The Morgan fingerprint density at radius 3 is 2.74 bits per heavy atom. The Balaban J connectivity index is 1.55. The van der Waals surface area contributed by atoms with Crippen LogP contribution in [0.3, 0.4) is 0 Å². The number of carbonyl (C=O) groups is 2. The normalized spacial score (nSPS) is 16.4. The molecule has 7 heteroatoms. The number of benzene rings is 1. The molecule has 1 aromatic carbocycles. The summed E-state index contributed by atoms with van der Waals surface area (Å²) >= 11 is 0. The molecule has 1 atom stereocenters. The summed E-state index contributed by atoms with van der Waals surface area (Å²) < 4.78 is 0. The summed E-state index contributed by atoms with van der Waals surface area (Å²) in [5.41, 5.74) is 1.92. The highest BCUT2D eigenvalue weighted by molar-refractivity contribution is 5.95. The number of H-pyrrole nitrogens is 1. The van der Waals surface area contributed by atoms with Crippen LogP contribution in [0.1, 0.15) is 40.0 Å². The lowest BCUT2D eigenvalue weighted by atomic mass is 10.1. The van der Waals surface area contributed by atoms with Gasteiger partial charge in [-0.1, -0.05) is 30.3 Å². The highest BCUT2D eigenvalue weighted by Crippen LogP contribution is 2.14. The van der Waals surface area contributed by atoms with Crippen molar-refractivity contribution in [3.05, 3.63) is 63.1 Å². The van der Waals surface area contributed by atoms with Gasteiger partial charge in [-0.05, 0) is 37.8 Å². The van der Waals surface area contributed by atoms with E-state index in [1.165, 1.54) is 0 Å². The van der Waals surface area contributed by atoms with Gasteiger partial charge in [-0.3, -0.25) is 14.4 Å². The summed E-state index contributed by atoms with van der Waals surface area (Å²) in [6.45, 7) is 4.54. The van der Waals surface area contributed by atoms with E-state index in [4.69, 9.17) is 0 Å². The summed E-state index contributed by atoms with van der Waals surface area (Å²) in [4.78, 5) is 38.7. The first-order valence-electron chi connectivity index (χ1n) is 9.14. The standard InChI is InChI=1S/C20H24N4O3/c1-13-14(2)22-23-20(27)18(13)19(26)21-16-10-11-24(12-16)17(25)9-8-15-6-4-3-5-7-15/h3-7,16H,8-12H2,1-2H3,(H,21,26)(H,23,27). The first-order valence-corrected chi connectivity index (χ1v) is 9.14. The average molecular weight is 368 g/mol. The molecule has 2 amide bonds. The molecule has 0 bridgehead atoms. The zero-order valence-electron chi connectivity index (χ0n) is 15.6. The highest BCUT2D eigenvalue weighted by Gasteiger charge is 2.28. The molecule has 27 heavy (non-hydrogen) atoms. The van der Waals surface area contributed by atoms with E-state index in [0.717, 1.165) is 5.56 Å². The van der Waals surface area contributed by atoms with Crippen molar-refractivity contribution in [1.29, 1.82) is 0 Å². The molecule has 0 saturated carbocycles. The molecule has 1 aliphatic rings. The van der Waals surface area contributed by atoms with Gasteiger partial charge in [0.2, 0.25) is 5.91 Å². The number of rotatable bonds is 5. The van der Waals surface area contributed by atoms with Gasteiger partial charge in [0.1, 0.15) is 5.56 Å². The molecule has 0 radical (unpaired) electrons. The number of hydrogen-bond donors (Lipinski definition) is 2. The van der Waals surface area contributed by atoms with E-state index >= 15 is 0 Å². The van der Waals surface area contributed by atoms with E-state index < -0.39 is 11.5 Å². The first kappa shape index (κ1) is 18.8. The predicted octanol–water partition coefficient (Wildman–Crippen LogP) is 1.35. The van der Waals surface area contributed by atoms with E-state index in [9.17, 15) is 14.4 Å². The maximum absolute atomic E-state index is 12.5. The van der Waals surface area contributed by atoms with Crippen LogP contribution in [0, 0.1) is 13.8 Å². The second-order valence-electron chi connectivity index (χ2n) is 6.92. The zero-order valence-corrected chi connectivity index (χ0v) is 15.6. The van der Waals surface area contributed by atoms with Gasteiger partial charge in [-0.15, -0.1) is 0 Å². The van der Waals surface area contributed by atoms with Gasteiger partial charge >= 0.3 is 0 Å². The van der Waals surface area contributed by atoms with E-state index in [2.05, 4.69) is 15.5 Å². The van der Waals surface area contributed by atoms with Gasteiger partial charge in [0.25, 0.3) is 11.5 Å². The molecular formula is C20H24N4O3. The van der Waals surface area contributed by atoms with Crippen LogP contribution in [0.15, 0.2) is 35.1 Å². The molecule has 3 rings (SSSR count). The number of carbonyl (C=O) groups excluding carboxylic acids is 2. The van der Waals surface area contributed by atoms with Gasteiger partial charge in [0.05, 0.1) is 5.69 Å². The molecule has 1 aliphatic heterocycles. The quantitative estimate of drug-likeness (QED) is 0.833. The third-order valence-corrected chi connectivity index (χ3v) is 5.04. The number of aromatic amines is 1. The first-order chi connectivity index (χ1) is 13.0. The molecule has 7 nitrogen and oxygen atoms in total. The van der Waals surface area contributed by atoms with Gasteiger partial charge in [0, 0.05) is 25.6 Å². The predicted molar refractivity (Wildman–Crippen MR) is 102 cm³/mol. The minimum Gasteiger partial charge on any atom is -0.347 e. The van der Waals surface area contributed by atoms with Crippen LogP contribution in [0.25, 0.3) is 0 Å². The Hall–Kier alpha value is -2.96. The molecule has 2 heterocycles. The topological polar surface area (TPSA) is 95.2 Å². The van der Waals surface area contributed by atoms with Crippen LogP contribution in [0.4, 0.5) is 0 Å². The van der Waals surface area contributed by atoms with Gasteiger partial charge in [0.15, 0.2) is 0 Å². The molecule has 1 fully saturated rings. The molecule has 2 aromatic rings. The van der Waals surface area contributed by atoms with Crippen LogP contribution in [-0.4, -0.2) is 46.0 Å². The van der Waals surface area contributed by atoms with Crippen molar-refractivity contribution < 1.29 is 9.59 Å². The Labute approximate surface area is 157 Å². The van der Waals surface area contributed by atoms with Crippen molar-refractivity contribution >= 4 is 11.8 Å². The lowest BCUT2D eigenvalue weighted by Gasteiger charge is -2.17. The third-order valence-electron chi connectivity index (χ3n) is 5.04. The fourth-order valence-electron chi connectivity index (χ4n) is 3.32. The zero-order chi connectivity index (χ0) is 19.4. The van der Waals surface area contributed by atoms with Crippen molar-refractivity contribution in [3.63, 3.8) is 0 Å². The highest BCUT2D eigenvalue weighted by atomic mass is 16.2. The lowest BCUT2D eigenvalue weighted by molar-refractivity contribution is -0.130. The van der Waals surface area contributed by atoms with Crippen LogP contribution in [-0.2, 0) is 11.2 Å². The van der Waals surface area contributed by atoms with E-state index in [1.807, 2.05) is 30.3 Å². The van der Waals surface area contributed by atoms with Gasteiger partial charge in [-0.25, -0.2) is 5.10 Å². The molecule has 2 N–H and O–H groups in total. The van der Waals surface area contributed by atoms with Crippen molar-refractivity contribution in [2.45, 2.75) is 39.2 Å². The fraction of sp³-hybridized carbons (Fsp3) is 0.400. The maximum atomic E-state index is 12.5. The van der Waals surface area contributed by atoms with E-state index in [1.54, 1.807) is 18.7 Å². The Kier molecular flexibility index (Phi) is 5.69. The van der Waals surface area contributed by atoms with Crippen LogP contribution in [0.5, 0.6) is 0 Å². The fourth-order valence-corrected chi connectivity index (χ4v) is 3.32. The third kappa shape index (κ3) is 4.42. The number of aromatic nitrogens is 2. The second kappa shape index (κ2) is 8.16. The van der Waals surface area contributed by atoms with Crippen molar-refractivity contribution in [3.8, 4) is 0 Å². The van der Waals surface area contributed by atoms with Crippen molar-refractivity contribution in [2.24, 2.45) is 0 Å². The molecule has 1 saturated heterocycles. The smallest absolute Gasteiger partial charge is 0.277 e. The molecule has 142 valence electrons. The summed E-state index contributed by atoms with van der Waals surface area (Å²) in [6, 6.07) is 9.76. The number of nitrogens with zero attached hydrogens (tertiary/aromatic N) is 2. The van der Waals surface area contributed by atoms with Crippen molar-refractivity contribution in [1.82, 2.24) is 20.4 Å². The minimum absolute atomic E-state index is 0.0874. The van der Waals surface area contributed by atoms with E-state index in [0.29, 0.717) is 43.6 Å². The Bertz CT molecular complexity index is 892. The number of amides is 2. The monoisotopic (exact) mass is 368 g/mol. The average Bonchev–Trinajstić information content (AvgIpc) is 3.12. The van der Waals surface area contributed by atoms with Gasteiger partial charge in [-0.2, -0.15) is 5.10 Å². The van der Waals surface area contributed by atoms with Crippen molar-refractivity contribution in [2.75, 3.05) is 13.1 Å². The largest absolute Gasteiger partial charge is 0.347 e. The van der Waals surface area contributed by atoms with E-state index in [-0.39, 0.29) is 17.5 Å². The number of hydrogen-bond acceptors (Lipinski definition) is 4. The summed E-state index contributed by atoms with van der Waals surface area (Å²) in [7, 11) is 0. The summed E-state index contributed by atoms with van der Waals surface area (Å²) in [5, 5.41) is 9.09. The Morgan fingerprint density at radius 1 is 1.26 bits per heavy atom.